The first-order valence-electron chi connectivity index (χ1n) is 9.20. The van der Waals surface area contributed by atoms with Crippen molar-refractivity contribution < 1.29 is 9.53 Å². The van der Waals surface area contributed by atoms with Crippen molar-refractivity contribution in [3.8, 4) is 0 Å². The van der Waals surface area contributed by atoms with Crippen LogP contribution in [0.4, 0.5) is 0 Å². The number of hydrogen-bond acceptors (Lipinski definition) is 4. The zero-order valence-electron chi connectivity index (χ0n) is 15.2. The minimum atomic E-state index is -0.450. The molecule has 0 unspecified atom stereocenters. The predicted octanol–water partition coefficient (Wildman–Crippen LogP) is 3.36. The lowest BCUT2D eigenvalue weighted by atomic mass is 10.0. The van der Waals surface area contributed by atoms with Crippen LogP contribution < -0.4 is 5.32 Å². The van der Waals surface area contributed by atoms with E-state index in [4.69, 9.17) is 4.74 Å². The number of esters is 1. The van der Waals surface area contributed by atoms with Crippen molar-refractivity contribution in [2.24, 2.45) is 0 Å². The summed E-state index contributed by atoms with van der Waals surface area (Å²) in [5.41, 5.74) is 1.44. The van der Waals surface area contributed by atoms with Crippen LogP contribution in [0.25, 0.3) is 0 Å². The number of nitrogens with zero attached hydrogens (tertiary/aromatic N) is 1. The molecule has 0 atom stereocenters. The number of likely N-dealkylation sites (tertiary alicyclic amines) is 1. The molecule has 4 heteroatoms. The minimum absolute atomic E-state index is 0.249. The van der Waals surface area contributed by atoms with Gasteiger partial charge in [-0.3, -0.25) is 4.90 Å². The van der Waals surface area contributed by atoms with Gasteiger partial charge in [0, 0.05) is 18.6 Å². The molecule has 1 N–H and O–H groups in total. The number of carbonyl (C=O) groups is 1. The Morgan fingerprint density at radius 3 is 2.21 bits per heavy atom. The van der Waals surface area contributed by atoms with E-state index in [2.05, 4.69) is 10.2 Å². The molecule has 3 rings (SSSR count). The lowest BCUT2D eigenvalue weighted by molar-refractivity contribution is 0.00695. The molecular weight excluding hydrogens is 300 g/mol. The molecule has 2 aliphatic rings. The Kier molecular flexibility index (Phi) is 5.26. The molecule has 1 aliphatic heterocycles. The summed E-state index contributed by atoms with van der Waals surface area (Å²) in [5, 5.41) is 3.74. The van der Waals surface area contributed by atoms with Crippen molar-refractivity contribution in [3.63, 3.8) is 0 Å². The van der Waals surface area contributed by atoms with E-state index in [1.165, 1.54) is 31.2 Å². The number of hydrogen-bond donors (Lipinski definition) is 1. The SMILES string of the molecule is CC(C)(C)OC(=O)c1ccc(CN2CCC(NC3CC3)CC2)cc1. The van der Waals surface area contributed by atoms with E-state index in [9.17, 15) is 4.79 Å². The first-order chi connectivity index (χ1) is 11.4. The zero-order chi connectivity index (χ0) is 17.2. The fraction of sp³-hybridized carbons (Fsp3) is 0.650. The summed E-state index contributed by atoms with van der Waals surface area (Å²) in [4.78, 5) is 14.6. The van der Waals surface area contributed by atoms with Crippen LogP contribution in [0.5, 0.6) is 0 Å². The Morgan fingerprint density at radius 2 is 1.67 bits per heavy atom. The molecule has 1 aliphatic carbocycles. The smallest absolute Gasteiger partial charge is 0.338 e. The average molecular weight is 330 g/mol. The lowest BCUT2D eigenvalue weighted by Crippen LogP contribution is -2.42. The number of piperidine rings is 1. The zero-order valence-corrected chi connectivity index (χ0v) is 15.2. The third-order valence-electron chi connectivity index (χ3n) is 4.63. The van der Waals surface area contributed by atoms with Gasteiger partial charge in [0.05, 0.1) is 5.56 Å². The second-order valence-electron chi connectivity index (χ2n) is 8.19. The molecule has 4 nitrogen and oxygen atoms in total. The summed E-state index contributed by atoms with van der Waals surface area (Å²) in [7, 11) is 0. The molecule has 0 radical (unpaired) electrons. The van der Waals surface area contributed by atoms with Crippen molar-refractivity contribution in [2.45, 2.75) is 70.7 Å². The molecule has 0 bridgehead atoms. The van der Waals surface area contributed by atoms with Gasteiger partial charge >= 0.3 is 5.97 Å². The molecule has 1 saturated carbocycles. The number of carbonyl (C=O) groups excluding carboxylic acids is 1. The Morgan fingerprint density at radius 1 is 1.08 bits per heavy atom. The summed E-state index contributed by atoms with van der Waals surface area (Å²) >= 11 is 0. The number of nitrogens with one attached hydrogen (secondary N) is 1. The summed E-state index contributed by atoms with van der Waals surface area (Å²) in [6, 6.07) is 9.38. The fourth-order valence-corrected chi connectivity index (χ4v) is 3.18. The van der Waals surface area contributed by atoms with Gasteiger partial charge in [-0.1, -0.05) is 12.1 Å². The van der Waals surface area contributed by atoms with Crippen LogP contribution in [0, 0.1) is 0 Å². The van der Waals surface area contributed by atoms with E-state index in [1.54, 1.807) is 0 Å². The van der Waals surface area contributed by atoms with Gasteiger partial charge in [-0.15, -0.1) is 0 Å². The maximum absolute atomic E-state index is 12.1. The van der Waals surface area contributed by atoms with Crippen LogP contribution in [0.15, 0.2) is 24.3 Å². The Hall–Kier alpha value is -1.39. The van der Waals surface area contributed by atoms with E-state index in [0.717, 1.165) is 25.7 Å². The van der Waals surface area contributed by atoms with Crippen molar-refractivity contribution in [3.05, 3.63) is 35.4 Å². The summed E-state index contributed by atoms with van der Waals surface area (Å²) in [6.45, 7) is 8.93. The quantitative estimate of drug-likeness (QED) is 0.841. The second-order valence-corrected chi connectivity index (χ2v) is 8.19. The molecule has 1 aromatic rings. The molecular formula is C20H30N2O2. The first-order valence-corrected chi connectivity index (χ1v) is 9.20. The van der Waals surface area contributed by atoms with E-state index in [0.29, 0.717) is 11.6 Å². The summed E-state index contributed by atoms with van der Waals surface area (Å²) in [5.74, 6) is -0.249. The van der Waals surface area contributed by atoms with E-state index >= 15 is 0 Å². The highest BCUT2D eigenvalue weighted by Crippen LogP contribution is 2.23. The summed E-state index contributed by atoms with van der Waals surface area (Å²) in [6.07, 6.45) is 5.22. The highest BCUT2D eigenvalue weighted by atomic mass is 16.6. The van der Waals surface area contributed by atoms with Gasteiger partial charge in [0.1, 0.15) is 5.60 Å². The normalized spacial score (nSPS) is 20.1. The van der Waals surface area contributed by atoms with Gasteiger partial charge < -0.3 is 10.1 Å². The Balaban J connectivity index is 1.47. The second kappa shape index (κ2) is 7.24. The average Bonchev–Trinajstić information content (AvgIpc) is 3.32. The van der Waals surface area contributed by atoms with Crippen LogP contribution >= 0.6 is 0 Å². The summed E-state index contributed by atoms with van der Waals surface area (Å²) < 4.78 is 5.41. The van der Waals surface area contributed by atoms with E-state index < -0.39 is 5.60 Å². The molecule has 0 amide bonds. The topological polar surface area (TPSA) is 41.6 Å². The van der Waals surface area contributed by atoms with Crippen molar-refractivity contribution in [1.82, 2.24) is 10.2 Å². The number of ether oxygens (including phenoxy) is 1. The fourth-order valence-electron chi connectivity index (χ4n) is 3.18. The Bertz CT molecular complexity index is 550. The van der Waals surface area contributed by atoms with E-state index in [-0.39, 0.29) is 5.97 Å². The highest BCUT2D eigenvalue weighted by Gasteiger charge is 2.27. The Labute approximate surface area is 145 Å². The van der Waals surface area contributed by atoms with E-state index in [1.807, 2.05) is 45.0 Å². The van der Waals surface area contributed by atoms with Gasteiger partial charge in [0.2, 0.25) is 0 Å². The molecule has 1 saturated heterocycles. The molecule has 2 fully saturated rings. The van der Waals surface area contributed by atoms with Crippen LogP contribution in [-0.2, 0) is 11.3 Å². The van der Waals surface area contributed by atoms with Gasteiger partial charge in [0.15, 0.2) is 0 Å². The minimum Gasteiger partial charge on any atom is -0.456 e. The predicted molar refractivity (Wildman–Crippen MR) is 96.1 cm³/mol. The largest absolute Gasteiger partial charge is 0.456 e. The number of benzene rings is 1. The van der Waals surface area contributed by atoms with Crippen molar-refractivity contribution in [2.75, 3.05) is 13.1 Å². The van der Waals surface area contributed by atoms with Crippen LogP contribution in [0.1, 0.15) is 62.4 Å². The monoisotopic (exact) mass is 330 g/mol. The van der Waals surface area contributed by atoms with Crippen LogP contribution in [0.2, 0.25) is 0 Å². The molecule has 0 spiro atoms. The first kappa shape index (κ1) is 17.4. The van der Waals surface area contributed by atoms with Crippen molar-refractivity contribution >= 4 is 5.97 Å². The molecule has 1 heterocycles. The molecule has 24 heavy (non-hydrogen) atoms. The third-order valence-corrected chi connectivity index (χ3v) is 4.63. The van der Waals surface area contributed by atoms with Gasteiger partial charge in [0.25, 0.3) is 0 Å². The standard InChI is InChI=1S/C20H30N2O2/c1-20(2,3)24-19(23)16-6-4-15(5-7-16)14-22-12-10-18(11-13-22)21-17-8-9-17/h4-7,17-18,21H,8-14H2,1-3H3. The third kappa shape index (κ3) is 5.32. The highest BCUT2D eigenvalue weighted by molar-refractivity contribution is 5.89. The van der Waals surface area contributed by atoms with Crippen molar-refractivity contribution in [1.29, 1.82) is 0 Å². The molecule has 0 aromatic heterocycles. The van der Waals surface area contributed by atoms with Crippen LogP contribution in [-0.4, -0.2) is 41.6 Å². The molecule has 132 valence electrons. The van der Waals surface area contributed by atoms with Crippen LogP contribution in [0.3, 0.4) is 0 Å². The van der Waals surface area contributed by atoms with Gasteiger partial charge in [-0.2, -0.15) is 0 Å². The van der Waals surface area contributed by atoms with Gasteiger partial charge in [-0.05, 0) is 77.2 Å². The molecule has 1 aromatic carbocycles. The maximum atomic E-state index is 12.1. The lowest BCUT2D eigenvalue weighted by Gasteiger charge is -2.32. The maximum Gasteiger partial charge on any atom is 0.338 e. The van der Waals surface area contributed by atoms with Gasteiger partial charge in [-0.25, -0.2) is 4.79 Å². The number of rotatable bonds is 5.